The minimum atomic E-state index is -0.590. The zero-order chi connectivity index (χ0) is 19.9. The quantitative estimate of drug-likeness (QED) is 0.450. The fraction of sp³-hybridized carbons (Fsp3) is 0.200. The number of carbonyl (C=O) groups is 2. The monoisotopic (exact) mass is 395 g/mol. The van der Waals surface area contributed by atoms with Crippen LogP contribution in [0.1, 0.15) is 11.5 Å². The maximum absolute atomic E-state index is 12.4. The summed E-state index contributed by atoms with van der Waals surface area (Å²) >= 11 is 1.49. The first-order chi connectivity index (χ1) is 13.6. The molecule has 0 aliphatic heterocycles. The number of para-hydroxylation sites is 1. The number of rotatable bonds is 7. The lowest BCUT2D eigenvalue weighted by Gasteiger charge is -2.19. The molecule has 2 heterocycles. The van der Waals surface area contributed by atoms with Crippen LogP contribution in [0.4, 0.5) is 5.69 Å². The number of anilines is 1. The minimum Gasteiger partial charge on any atom is -0.455 e. The molecule has 0 fully saturated rings. The third-order valence-electron chi connectivity index (χ3n) is 3.89. The summed E-state index contributed by atoms with van der Waals surface area (Å²) in [6, 6.07) is 14.5. The van der Waals surface area contributed by atoms with Gasteiger partial charge in [0, 0.05) is 5.69 Å². The molecule has 0 saturated heterocycles. The van der Waals surface area contributed by atoms with Crippen LogP contribution < -0.4 is 4.90 Å². The molecule has 28 heavy (non-hydrogen) atoms. The number of esters is 1. The molecule has 0 aliphatic carbocycles. The van der Waals surface area contributed by atoms with Crippen LogP contribution in [-0.4, -0.2) is 30.0 Å². The Kier molecular flexibility index (Phi) is 6.19. The van der Waals surface area contributed by atoms with Gasteiger partial charge in [-0.1, -0.05) is 24.3 Å². The molecule has 142 valence electrons. The second-order valence-corrected chi connectivity index (χ2v) is 6.76. The standard InChI is InChI=1S/C20H17N3O4S/c1-14-16(22-20(27-14)17-8-5-11-28-17)12-19(25)26-13-18(24)23(10-9-21)15-6-3-2-4-7-15/h2-8,11H,10,12-13H2,1H3. The van der Waals surface area contributed by atoms with Gasteiger partial charge >= 0.3 is 5.97 Å². The molecule has 8 heteroatoms. The number of hydrogen-bond donors (Lipinski definition) is 0. The molecule has 3 rings (SSSR count). The van der Waals surface area contributed by atoms with Crippen LogP contribution in [0.3, 0.4) is 0 Å². The molecule has 2 aromatic heterocycles. The fourth-order valence-electron chi connectivity index (χ4n) is 2.51. The predicted octanol–water partition coefficient (Wildman–Crippen LogP) is 3.35. The maximum atomic E-state index is 12.4. The molecule has 7 nitrogen and oxygen atoms in total. The Morgan fingerprint density at radius 1 is 1.25 bits per heavy atom. The van der Waals surface area contributed by atoms with Crippen LogP contribution in [0.5, 0.6) is 0 Å². The molecular formula is C20H17N3O4S. The van der Waals surface area contributed by atoms with Gasteiger partial charge in [-0.05, 0) is 30.5 Å². The molecule has 0 spiro atoms. The summed E-state index contributed by atoms with van der Waals surface area (Å²) in [5.41, 5.74) is 1.04. The molecule has 0 bridgehead atoms. The SMILES string of the molecule is Cc1oc(-c2cccs2)nc1CC(=O)OCC(=O)N(CC#N)c1ccccc1. The molecule has 1 amide bonds. The van der Waals surface area contributed by atoms with Gasteiger partial charge in [-0.25, -0.2) is 4.98 Å². The van der Waals surface area contributed by atoms with E-state index in [9.17, 15) is 9.59 Å². The molecule has 3 aromatic rings. The van der Waals surface area contributed by atoms with E-state index in [2.05, 4.69) is 4.98 Å². The van der Waals surface area contributed by atoms with Gasteiger partial charge in [0.25, 0.3) is 5.91 Å². The number of amides is 1. The number of aryl methyl sites for hydroxylation is 1. The van der Waals surface area contributed by atoms with Gasteiger partial charge in [0.05, 0.1) is 23.1 Å². The van der Waals surface area contributed by atoms with Crippen molar-refractivity contribution in [3.63, 3.8) is 0 Å². The van der Waals surface area contributed by atoms with E-state index in [1.807, 2.05) is 29.6 Å². The molecule has 0 unspecified atom stereocenters. The van der Waals surface area contributed by atoms with Gasteiger partial charge < -0.3 is 9.15 Å². The average Bonchev–Trinajstić information content (AvgIpc) is 3.35. The van der Waals surface area contributed by atoms with E-state index >= 15 is 0 Å². The number of benzene rings is 1. The van der Waals surface area contributed by atoms with Crippen molar-refractivity contribution in [3.8, 4) is 16.8 Å². The molecule has 0 N–H and O–H groups in total. The van der Waals surface area contributed by atoms with E-state index in [1.165, 1.54) is 16.2 Å². The Morgan fingerprint density at radius 3 is 2.71 bits per heavy atom. The molecule has 0 atom stereocenters. The zero-order valence-corrected chi connectivity index (χ0v) is 15.9. The van der Waals surface area contributed by atoms with Crippen LogP contribution in [0.2, 0.25) is 0 Å². The first-order valence-corrected chi connectivity index (χ1v) is 9.34. The van der Waals surface area contributed by atoms with E-state index < -0.39 is 18.5 Å². The highest BCUT2D eigenvalue weighted by Gasteiger charge is 2.20. The van der Waals surface area contributed by atoms with Crippen LogP contribution in [0.25, 0.3) is 10.8 Å². The summed E-state index contributed by atoms with van der Waals surface area (Å²) in [6.07, 6.45) is -0.0996. The highest BCUT2D eigenvalue weighted by Crippen LogP contribution is 2.26. The van der Waals surface area contributed by atoms with Crippen molar-refractivity contribution in [2.24, 2.45) is 0 Å². The largest absolute Gasteiger partial charge is 0.455 e. The number of hydrogen-bond acceptors (Lipinski definition) is 7. The Morgan fingerprint density at radius 2 is 2.04 bits per heavy atom. The zero-order valence-electron chi connectivity index (χ0n) is 15.1. The second-order valence-electron chi connectivity index (χ2n) is 5.81. The van der Waals surface area contributed by atoms with Crippen molar-refractivity contribution in [1.29, 1.82) is 5.26 Å². The molecule has 0 saturated carbocycles. The summed E-state index contributed by atoms with van der Waals surface area (Å²) in [6.45, 7) is 1.14. The average molecular weight is 395 g/mol. The summed E-state index contributed by atoms with van der Waals surface area (Å²) in [5, 5.41) is 10.9. The van der Waals surface area contributed by atoms with Crippen molar-refractivity contribution < 1.29 is 18.7 Å². The van der Waals surface area contributed by atoms with Crippen LogP contribution in [0, 0.1) is 18.3 Å². The number of nitriles is 1. The van der Waals surface area contributed by atoms with Crippen LogP contribution in [0.15, 0.2) is 52.3 Å². The lowest BCUT2D eigenvalue weighted by Crippen LogP contribution is -2.35. The third kappa shape index (κ3) is 4.64. The Hall–Kier alpha value is -3.44. The Labute approximate surface area is 165 Å². The summed E-state index contributed by atoms with van der Waals surface area (Å²) in [7, 11) is 0. The normalized spacial score (nSPS) is 10.3. The fourth-order valence-corrected chi connectivity index (χ4v) is 3.16. The first-order valence-electron chi connectivity index (χ1n) is 8.46. The van der Waals surface area contributed by atoms with E-state index in [1.54, 1.807) is 31.2 Å². The van der Waals surface area contributed by atoms with Crippen molar-refractivity contribution >= 4 is 28.9 Å². The minimum absolute atomic E-state index is 0.0996. The van der Waals surface area contributed by atoms with Crippen molar-refractivity contribution in [1.82, 2.24) is 4.98 Å². The molecular weight excluding hydrogens is 378 g/mol. The highest BCUT2D eigenvalue weighted by molar-refractivity contribution is 7.13. The topological polar surface area (TPSA) is 96.4 Å². The molecule has 1 aromatic carbocycles. The van der Waals surface area contributed by atoms with Gasteiger partial charge in [-0.2, -0.15) is 5.26 Å². The second kappa shape index (κ2) is 8.97. The van der Waals surface area contributed by atoms with Gasteiger partial charge in [-0.3, -0.25) is 14.5 Å². The number of aromatic nitrogens is 1. The maximum Gasteiger partial charge on any atom is 0.312 e. The molecule has 0 aliphatic rings. The van der Waals surface area contributed by atoms with Gasteiger partial charge in [-0.15, -0.1) is 11.3 Å². The van der Waals surface area contributed by atoms with Crippen molar-refractivity contribution in [2.45, 2.75) is 13.3 Å². The van der Waals surface area contributed by atoms with Gasteiger partial charge in [0.1, 0.15) is 12.3 Å². The van der Waals surface area contributed by atoms with Gasteiger partial charge in [0.2, 0.25) is 5.89 Å². The summed E-state index contributed by atoms with van der Waals surface area (Å²) in [5.74, 6) is -0.0811. The third-order valence-corrected chi connectivity index (χ3v) is 4.75. The Bertz CT molecular complexity index is 990. The van der Waals surface area contributed by atoms with E-state index in [-0.39, 0.29) is 13.0 Å². The van der Waals surface area contributed by atoms with E-state index in [0.717, 1.165) is 4.88 Å². The number of oxazole rings is 1. The highest BCUT2D eigenvalue weighted by atomic mass is 32.1. The summed E-state index contributed by atoms with van der Waals surface area (Å²) in [4.78, 5) is 31.0. The number of ether oxygens (including phenoxy) is 1. The predicted molar refractivity (Wildman–Crippen MR) is 104 cm³/mol. The molecule has 0 radical (unpaired) electrons. The number of carbonyl (C=O) groups excluding carboxylic acids is 2. The van der Waals surface area contributed by atoms with Crippen LogP contribution in [-0.2, 0) is 20.7 Å². The lowest BCUT2D eigenvalue weighted by molar-refractivity contribution is -0.147. The lowest BCUT2D eigenvalue weighted by atomic mass is 10.2. The number of thiophene rings is 1. The van der Waals surface area contributed by atoms with Crippen LogP contribution >= 0.6 is 11.3 Å². The first kappa shape index (κ1) is 19.3. The number of nitrogens with zero attached hydrogens (tertiary/aromatic N) is 3. The van der Waals surface area contributed by atoms with Gasteiger partial charge in [0.15, 0.2) is 6.61 Å². The smallest absolute Gasteiger partial charge is 0.312 e. The van der Waals surface area contributed by atoms with Crippen molar-refractivity contribution in [3.05, 3.63) is 59.3 Å². The Balaban J connectivity index is 1.59. The summed E-state index contributed by atoms with van der Waals surface area (Å²) < 4.78 is 10.7. The van der Waals surface area contributed by atoms with E-state index in [0.29, 0.717) is 23.0 Å². The van der Waals surface area contributed by atoms with E-state index in [4.69, 9.17) is 14.4 Å². The van der Waals surface area contributed by atoms with Crippen molar-refractivity contribution in [2.75, 3.05) is 18.1 Å².